The fraction of sp³-hybridized carbons (Fsp3) is 0.259. The third kappa shape index (κ3) is 5.17. The van der Waals surface area contributed by atoms with E-state index >= 15 is 0 Å². The van der Waals surface area contributed by atoms with Crippen LogP contribution in [0.5, 0.6) is 5.75 Å². The number of carbonyl (C=O) groups is 3. The summed E-state index contributed by atoms with van der Waals surface area (Å²) in [5.41, 5.74) is 3.91. The number of amides is 2. The van der Waals surface area contributed by atoms with Gasteiger partial charge in [-0.3, -0.25) is 9.59 Å². The standard InChI is InChI=1S/C27H27N7O4/c1-28-26(36)24(8-4-12-35)34-16-23-22(27(34)37)7-3-9-25(23)38-17-20-15-33(31-30-20)14-19-5-2-6-21(13-19)32-11-10-29-18-32/h2-3,5-7,9-13,15,18,24H,4,8,14,16-17H2,1H3,(H,28,36). The number of aromatic nitrogens is 5. The lowest BCUT2D eigenvalue weighted by atomic mass is 10.1. The Morgan fingerprint density at radius 3 is 2.89 bits per heavy atom. The lowest BCUT2D eigenvalue weighted by Gasteiger charge is -2.25. The third-order valence-corrected chi connectivity index (χ3v) is 6.46. The van der Waals surface area contributed by atoms with Gasteiger partial charge in [-0.05, 0) is 36.2 Å². The number of ether oxygens (including phenoxy) is 1. The van der Waals surface area contributed by atoms with E-state index in [-0.39, 0.29) is 37.8 Å². The van der Waals surface area contributed by atoms with E-state index in [2.05, 4.69) is 26.7 Å². The number of fused-ring (bicyclic) bond motifs is 1. The summed E-state index contributed by atoms with van der Waals surface area (Å²) < 4.78 is 9.73. The van der Waals surface area contributed by atoms with Crippen molar-refractivity contribution in [2.45, 2.75) is 38.6 Å². The van der Waals surface area contributed by atoms with Crippen LogP contribution < -0.4 is 10.1 Å². The van der Waals surface area contributed by atoms with Gasteiger partial charge >= 0.3 is 0 Å². The number of rotatable bonds is 11. The number of nitrogens with one attached hydrogen (secondary N) is 1. The summed E-state index contributed by atoms with van der Waals surface area (Å²) in [6.07, 6.45) is 8.40. The zero-order valence-corrected chi connectivity index (χ0v) is 20.9. The van der Waals surface area contributed by atoms with Gasteiger partial charge in [0.25, 0.3) is 5.91 Å². The molecule has 1 atom stereocenters. The minimum absolute atomic E-state index is 0.170. The van der Waals surface area contributed by atoms with Crippen LogP contribution in [0.15, 0.2) is 67.4 Å². The van der Waals surface area contributed by atoms with E-state index in [0.29, 0.717) is 29.1 Å². The quantitative estimate of drug-likeness (QED) is 0.305. The Kier molecular flexibility index (Phi) is 7.25. The maximum absolute atomic E-state index is 13.1. The second-order valence-corrected chi connectivity index (χ2v) is 8.93. The van der Waals surface area contributed by atoms with Gasteiger partial charge in [0, 0.05) is 42.7 Å². The number of imidazole rings is 1. The largest absolute Gasteiger partial charge is 0.487 e. The molecule has 4 aromatic rings. The van der Waals surface area contributed by atoms with Crippen molar-refractivity contribution in [3.05, 3.63) is 89.8 Å². The Balaban J connectivity index is 1.26. The van der Waals surface area contributed by atoms with Gasteiger partial charge in [0.2, 0.25) is 5.91 Å². The summed E-state index contributed by atoms with van der Waals surface area (Å²) in [6, 6.07) is 12.6. The highest BCUT2D eigenvalue weighted by Gasteiger charge is 2.37. The highest BCUT2D eigenvalue weighted by atomic mass is 16.5. The zero-order valence-electron chi connectivity index (χ0n) is 20.9. The molecule has 3 heterocycles. The van der Waals surface area contributed by atoms with Crippen LogP contribution in [0.2, 0.25) is 0 Å². The molecule has 2 aromatic carbocycles. The molecular weight excluding hydrogens is 486 g/mol. The van der Waals surface area contributed by atoms with Crippen molar-refractivity contribution in [2.75, 3.05) is 7.05 Å². The Morgan fingerprint density at radius 1 is 1.24 bits per heavy atom. The van der Waals surface area contributed by atoms with Crippen LogP contribution in [-0.2, 0) is 29.3 Å². The molecule has 11 heteroatoms. The number of likely N-dealkylation sites (N-methyl/N-ethyl adjacent to an activating group) is 1. The van der Waals surface area contributed by atoms with Crippen LogP contribution in [0.25, 0.3) is 5.69 Å². The Bertz CT molecular complexity index is 1450. The van der Waals surface area contributed by atoms with E-state index in [1.54, 1.807) is 35.4 Å². The normalized spacial score (nSPS) is 13.3. The van der Waals surface area contributed by atoms with E-state index < -0.39 is 6.04 Å². The molecule has 1 aliphatic heterocycles. The molecule has 1 N–H and O–H groups in total. The number of hydrogen-bond acceptors (Lipinski definition) is 7. The van der Waals surface area contributed by atoms with Crippen LogP contribution in [0.3, 0.4) is 0 Å². The van der Waals surface area contributed by atoms with Crippen LogP contribution in [0.1, 0.15) is 40.0 Å². The van der Waals surface area contributed by atoms with E-state index in [0.717, 1.165) is 17.5 Å². The minimum Gasteiger partial charge on any atom is -0.487 e. The Hall–Kier alpha value is -4.80. The molecule has 0 aliphatic carbocycles. The molecule has 0 saturated carbocycles. The highest BCUT2D eigenvalue weighted by molar-refractivity contribution is 6.01. The molecule has 0 spiro atoms. The number of carbonyl (C=O) groups excluding carboxylic acids is 3. The van der Waals surface area contributed by atoms with Crippen molar-refractivity contribution >= 4 is 18.1 Å². The van der Waals surface area contributed by atoms with E-state index in [1.165, 1.54) is 11.9 Å². The molecule has 1 unspecified atom stereocenters. The van der Waals surface area contributed by atoms with Gasteiger partial charge in [0.1, 0.15) is 30.4 Å². The lowest BCUT2D eigenvalue weighted by molar-refractivity contribution is -0.125. The number of benzene rings is 2. The van der Waals surface area contributed by atoms with Crippen LogP contribution in [-0.4, -0.2) is 60.6 Å². The molecule has 0 fully saturated rings. The summed E-state index contributed by atoms with van der Waals surface area (Å²) in [5.74, 6) is -0.0107. The number of aldehydes is 1. The number of nitrogens with zero attached hydrogens (tertiary/aromatic N) is 6. The van der Waals surface area contributed by atoms with Crippen molar-refractivity contribution in [2.24, 2.45) is 0 Å². The summed E-state index contributed by atoms with van der Waals surface area (Å²) in [5, 5.41) is 11.0. The molecule has 38 heavy (non-hydrogen) atoms. The first-order chi connectivity index (χ1) is 18.6. The summed E-state index contributed by atoms with van der Waals surface area (Å²) >= 11 is 0. The van der Waals surface area contributed by atoms with Crippen LogP contribution >= 0.6 is 0 Å². The maximum Gasteiger partial charge on any atom is 0.255 e. The van der Waals surface area contributed by atoms with Crippen molar-refractivity contribution in [1.29, 1.82) is 0 Å². The lowest BCUT2D eigenvalue weighted by Crippen LogP contribution is -2.46. The summed E-state index contributed by atoms with van der Waals surface area (Å²) in [4.78, 5) is 42.0. The summed E-state index contributed by atoms with van der Waals surface area (Å²) in [7, 11) is 1.52. The summed E-state index contributed by atoms with van der Waals surface area (Å²) in [6.45, 7) is 0.937. The molecule has 2 amide bonds. The predicted octanol–water partition coefficient (Wildman–Crippen LogP) is 2.14. The van der Waals surface area contributed by atoms with Gasteiger partial charge in [-0.1, -0.05) is 23.4 Å². The molecule has 11 nitrogen and oxygen atoms in total. The van der Waals surface area contributed by atoms with Gasteiger partial charge in [0.15, 0.2) is 0 Å². The van der Waals surface area contributed by atoms with Crippen molar-refractivity contribution < 1.29 is 19.1 Å². The first kappa shape index (κ1) is 24.9. The molecule has 0 bridgehead atoms. The molecule has 194 valence electrons. The van der Waals surface area contributed by atoms with Gasteiger partial charge in [-0.15, -0.1) is 5.10 Å². The van der Waals surface area contributed by atoms with Gasteiger partial charge in [-0.25, -0.2) is 9.67 Å². The van der Waals surface area contributed by atoms with Crippen LogP contribution in [0.4, 0.5) is 0 Å². The highest BCUT2D eigenvalue weighted by Crippen LogP contribution is 2.33. The van der Waals surface area contributed by atoms with E-state index in [9.17, 15) is 14.4 Å². The fourth-order valence-electron chi connectivity index (χ4n) is 4.58. The molecular formula is C27H27N7O4. The van der Waals surface area contributed by atoms with Crippen molar-refractivity contribution in [3.8, 4) is 11.4 Å². The van der Waals surface area contributed by atoms with E-state index in [4.69, 9.17) is 4.74 Å². The predicted molar refractivity (Wildman–Crippen MR) is 136 cm³/mol. The van der Waals surface area contributed by atoms with Crippen LogP contribution in [0, 0.1) is 0 Å². The first-order valence-corrected chi connectivity index (χ1v) is 12.2. The molecule has 5 rings (SSSR count). The Morgan fingerprint density at radius 2 is 2.11 bits per heavy atom. The first-order valence-electron chi connectivity index (χ1n) is 12.2. The minimum atomic E-state index is -0.731. The zero-order chi connectivity index (χ0) is 26.5. The van der Waals surface area contributed by atoms with Crippen molar-refractivity contribution in [1.82, 2.24) is 34.8 Å². The third-order valence-electron chi connectivity index (χ3n) is 6.46. The number of hydrogen-bond donors (Lipinski definition) is 1. The van der Waals surface area contributed by atoms with Crippen molar-refractivity contribution in [3.63, 3.8) is 0 Å². The van der Waals surface area contributed by atoms with E-state index in [1.807, 2.05) is 35.2 Å². The average molecular weight is 514 g/mol. The molecule has 0 radical (unpaired) electrons. The maximum atomic E-state index is 13.1. The second kappa shape index (κ2) is 11.1. The fourth-order valence-corrected chi connectivity index (χ4v) is 4.58. The smallest absolute Gasteiger partial charge is 0.255 e. The SMILES string of the molecule is CNC(=O)C(CCC=O)N1Cc2c(OCc3cn(Cc4cccc(-n5ccnc5)c4)nn3)cccc2C1=O. The molecule has 0 saturated heterocycles. The topological polar surface area (TPSA) is 124 Å². The molecule has 2 aromatic heterocycles. The average Bonchev–Trinajstić information content (AvgIpc) is 3.70. The second-order valence-electron chi connectivity index (χ2n) is 8.93. The Labute approximate surface area is 219 Å². The monoisotopic (exact) mass is 513 g/mol. The van der Waals surface area contributed by atoms with Gasteiger partial charge < -0.3 is 24.3 Å². The van der Waals surface area contributed by atoms with Gasteiger partial charge in [-0.2, -0.15) is 0 Å². The molecule has 1 aliphatic rings. The van der Waals surface area contributed by atoms with Gasteiger partial charge in [0.05, 0.1) is 25.6 Å².